The van der Waals surface area contributed by atoms with E-state index in [1.54, 1.807) is 0 Å². The minimum atomic E-state index is 0.359. The summed E-state index contributed by atoms with van der Waals surface area (Å²) in [6.07, 6.45) is 10.7. The maximum atomic E-state index is 3.87. The van der Waals surface area contributed by atoms with Gasteiger partial charge < -0.3 is 5.32 Å². The number of rotatable bonds is 9. The summed E-state index contributed by atoms with van der Waals surface area (Å²) in [7, 11) is 0. The fourth-order valence-corrected chi connectivity index (χ4v) is 3.43. The molecule has 0 spiro atoms. The molecule has 0 amide bonds. The molecule has 1 unspecified atom stereocenters. The molecule has 1 N–H and O–H groups in total. The zero-order chi connectivity index (χ0) is 15.1. The summed E-state index contributed by atoms with van der Waals surface area (Å²) in [4.78, 5) is 2.79. The van der Waals surface area contributed by atoms with Crippen LogP contribution in [0.4, 0.5) is 0 Å². The number of unbranched alkanes of at least 4 members (excludes halogenated alkanes) is 4. The molecule has 1 fully saturated rings. The van der Waals surface area contributed by atoms with Gasteiger partial charge in [0.25, 0.3) is 0 Å². The van der Waals surface area contributed by atoms with Gasteiger partial charge in [0, 0.05) is 24.2 Å². The monoisotopic (exact) mass is 282 g/mol. The molecule has 1 atom stereocenters. The molecule has 1 rings (SSSR count). The molecule has 20 heavy (non-hydrogen) atoms. The van der Waals surface area contributed by atoms with Crippen molar-refractivity contribution in [1.82, 2.24) is 10.2 Å². The van der Waals surface area contributed by atoms with Gasteiger partial charge in [0.05, 0.1) is 0 Å². The Balaban J connectivity index is 2.56. The molecule has 1 aliphatic heterocycles. The Hall–Kier alpha value is -0.0800. The lowest BCUT2D eigenvalue weighted by Gasteiger charge is -2.53. The van der Waals surface area contributed by atoms with Crippen molar-refractivity contribution in [2.45, 2.75) is 97.1 Å². The Morgan fingerprint density at radius 1 is 0.900 bits per heavy atom. The zero-order valence-electron chi connectivity index (χ0n) is 14.7. The fourth-order valence-electron chi connectivity index (χ4n) is 3.43. The van der Waals surface area contributed by atoms with Gasteiger partial charge in [-0.15, -0.1) is 0 Å². The third-order valence-corrected chi connectivity index (χ3v) is 5.75. The van der Waals surface area contributed by atoms with Gasteiger partial charge in [-0.2, -0.15) is 0 Å². The summed E-state index contributed by atoms with van der Waals surface area (Å²) >= 11 is 0. The highest BCUT2D eigenvalue weighted by atomic mass is 15.3. The molecule has 0 aromatic rings. The van der Waals surface area contributed by atoms with Crippen LogP contribution in [-0.2, 0) is 0 Å². The topological polar surface area (TPSA) is 15.3 Å². The third-order valence-electron chi connectivity index (χ3n) is 5.75. The van der Waals surface area contributed by atoms with Crippen molar-refractivity contribution in [3.8, 4) is 0 Å². The number of hydrogen-bond donors (Lipinski definition) is 1. The van der Waals surface area contributed by atoms with Crippen LogP contribution in [0.5, 0.6) is 0 Å². The van der Waals surface area contributed by atoms with Gasteiger partial charge in [0.15, 0.2) is 0 Å². The maximum absolute atomic E-state index is 3.87. The van der Waals surface area contributed by atoms with Crippen molar-refractivity contribution < 1.29 is 0 Å². The molecule has 0 aromatic carbocycles. The molecule has 0 radical (unpaired) electrons. The first kappa shape index (κ1) is 18.0. The Morgan fingerprint density at radius 3 is 2.10 bits per heavy atom. The Bertz CT molecular complexity index is 260. The highest BCUT2D eigenvalue weighted by Gasteiger charge is 2.41. The van der Waals surface area contributed by atoms with E-state index in [-0.39, 0.29) is 0 Å². The molecule has 1 heterocycles. The van der Waals surface area contributed by atoms with E-state index in [1.807, 2.05) is 0 Å². The predicted molar refractivity (Wildman–Crippen MR) is 90.3 cm³/mol. The van der Waals surface area contributed by atoms with Gasteiger partial charge in [0.2, 0.25) is 0 Å². The molecule has 1 saturated heterocycles. The molecule has 2 nitrogen and oxygen atoms in total. The molecule has 0 bridgehead atoms. The lowest BCUT2D eigenvalue weighted by Crippen LogP contribution is -2.68. The Kier molecular flexibility index (Phi) is 7.53. The van der Waals surface area contributed by atoms with E-state index in [9.17, 15) is 0 Å². The summed E-state index contributed by atoms with van der Waals surface area (Å²) in [6, 6.07) is 0. The van der Waals surface area contributed by atoms with Gasteiger partial charge in [0.1, 0.15) is 0 Å². The van der Waals surface area contributed by atoms with E-state index in [0.29, 0.717) is 11.1 Å². The summed E-state index contributed by atoms with van der Waals surface area (Å²) in [5.41, 5.74) is 0.719. The molecule has 0 saturated carbocycles. The van der Waals surface area contributed by atoms with Crippen molar-refractivity contribution in [3.05, 3.63) is 0 Å². The minimum absolute atomic E-state index is 0.359. The number of nitrogens with zero attached hydrogens (tertiary/aromatic N) is 1. The first-order chi connectivity index (χ1) is 9.55. The highest BCUT2D eigenvalue weighted by Crippen LogP contribution is 2.30. The first-order valence-electron chi connectivity index (χ1n) is 9.06. The normalized spacial score (nSPS) is 26.9. The van der Waals surface area contributed by atoms with Crippen LogP contribution in [0.15, 0.2) is 0 Å². The van der Waals surface area contributed by atoms with Gasteiger partial charge in [-0.1, -0.05) is 53.4 Å². The predicted octanol–water partition coefficient (Wildman–Crippen LogP) is 4.59. The van der Waals surface area contributed by atoms with E-state index < -0.39 is 0 Å². The Morgan fingerprint density at radius 2 is 1.55 bits per heavy atom. The molecule has 0 aromatic heterocycles. The van der Waals surface area contributed by atoms with Gasteiger partial charge >= 0.3 is 0 Å². The lowest BCUT2D eigenvalue weighted by atomic mass is 9.83. The fraction of sp³-hybridized carbons (Fsp3) is 1.00. The minimum Gasteiger partial charge on any atom is -0.308 e. The standard InChI is InChI=1S/C18H38N2/c1-6-10-11-12-13-14-20-16-18(8-3,9-4)19-15-17(20,5)7-2/h19H,6-16H2,1-5H3. The van der Waals surface area contributed by atoms with Crippen molar-refractivity contribution in [3.63, 3.8) is 0 Å². The lowest BCUT2D eigenvalue weighted by molar-refractivity contribution is 0.00799. The van der Waals surface area contributed by atoms with Crippen LogP contribution in [0.1, 0.15) is 86.0 Å². The largest absolute Gasteiger partial charge is 0.308 e. The van der Waals surface area contributed by atoms with Crippen LogP contribution in [0.25, 0.3) is 0 Å². The molecule has 120 valence electrons. The first-order valence-corrected chi connectivity index (χ1v) is 9.06. The molecule has 1 aliphatic rings. The molecule has 0 aliphatic carbocycles. The number of nitrogens with one attached hydrogen (secondary N) is 1. The van der Waals surface area contributed by atoms with Crippen molar-refractivity contribution in [2.75, 3.05) is 19.6 Å². The number of piperazine rings is 1. The molecular weight excluding hydrogens is 244 g/mol. The van der Waals surface area contributed by atoms with Crippen LogP contribution in [0, 0.1) is 0 Å². The SMILES string of the molecule is CCCCCCCN1CC(CC)(CC)NCC1(C)CC. The zero-order valence-corrected chi connectivity index (χ0v) is 14.7. The van der Waals surface area contributed by atoms with Crippen molar-refractivity contribution >= 4 is 0 Å². The van der Waals surface area contributed by atoms with Crippen molar-refractivity contribution in [2.24, 2.45) is 0 Å². The smallest absolute Gasteiger partial charge is 0.0304 e. The second-order valence-electron chi connectivity index (χ2n) is 7.03. The van der Waals surface area contributed by atoms with Crippen LogP contribution in [0.3, 0.4) is 0 Å². The average Bonchev–Trinajstić information content (AvgIpc) is 2.49. The summed E-state index contributed by atoms with van der Waals surface area (Å²) in [5, 5.41) is 3.87. The van der Waals surface area contributed by atoms with E-state index in [2.05, 4.69) is 44.8 Å². The van der Waals surface area contributed by atoms with Crippen LogP contribution >= 0.6 is 0 Å². The van der Waals surface area contributed by atoms with E-state index in [0.717, 1.165) is 6.54 Å². The quantitative estimate of drug-likeness (QED) is 0.622. The van der Waals surface area contributed by atoms with E-state index >= 15 is 0 Å². The van der Waals surface area contributed by atoms with E-state index in [4.69, 9.17) is 0 Å². The third kappa shape index (κ3) is 4.46. The summed E-state index contributed by atoms with van der Waals surface area (Å²) in [6.45, 7) is 15.4. The highest BCUT2D eigenvalue weighted by molar-refractivity contribution is 5.02. The molecular formula is C18H38N2. The van der Waals surface area contributed by atoms with Crippen LogP contribution in [0.2, 0.25) is 0 Å². The van der Waals surface area contributed by atoms with E-state index in [1.165, 1.54) is 64.5 Å². The second-order valence-corrected chi connectivity index (χ2v) is 7.03. The Labute approximate surface area is 127 Å². The van der Waals surface area contributed by atoms with Gasteiger partial charge in [-0.05, 0) is 39.2 Å². The van der Waals surface area contributed by atoms with Crippen LogP contribution in [-0.4, -0.2) is 35.6 Å². The average molecular weight is 283 g/mol. The maximum Gasteiger partial charge on any atom is 0.0304 e. The summed E-state index contributed by atoms with van der Waals surface area (Å²) in [5.74, 6) is 0. The summed E-state index contributed by atoms with van der Waals surface area (Å²) < 4.78 is 0. The van der Waals surface area contributed by atoms with Gasteiger partial charge in [-0.25, -0.2) is 0 Å². The second kappa shape index (κ2) is 8.38. The van der Waals surface area contributed by atoms with Crippen LogP contribution < -0.4 is 5.32 Å². The van der Waals surface area contributed by atoms with Crippen molar-refractivity contribution in [1.29, 1.82) is 0 Å². The number of hydrogen-bond acceptors (Lipinski definition) is 2. The molecule has 2 heteroatoms. The van der Waals surface area contributed by atoms with Gasteiger partial charge in [-0.3, -0.25) is 4.90 Å².